The summed E-state index contributed by atoms with van der Waals surface area (Å²) in [5.74, 6) is 1.90. The second-order valence-electron chi connectivity index (χ2n) is 20.0. The first-order valence-corrected chi connectivity index (χ1v) is 32.4. The first-order chi connectivity index (χ1) is 34.8. The monoisotopic (exact) mass is 1090 g/mol. The highest BCUT2D eigenvalue weighted by molar-refractivity contribution is 7.25. The summed E-state index contributed by atoms with van der Waals surface area (Å²) in [7, 11) is 0. The number of aromatic nitrogens is 4. The summed E-state index contributed by atoms with van der Waals surface area (Å²) >= 11 is 14.1. The van der Waals surface area contributed by atoms with E-state index in [4.69, 9.17) is 23.2 Å². The molecule has 0 aliphatic heterocycles. The normalized spacial score (nSPS) is 17.8. The highest BCUT2D eigenvalue weighted by Gasteiger charge is 2.49. The van der Waals surface area contributed by atoms with Gasteiger partial charge in [0.2, 0.25) is 0 Å². The van der Waals surface area contributed by atoms with Crippen molar-refractivity contribution in [2.75, 3.05) is 5.73 Å². The lowest BCUT2D eigenvalue weighted by atomic mass is 9.65. The molecule has 0 bridgehead atoms. The van der Waals surface area contributed by atoms with Gasteiger partial charge in [-0.3, -0.25) is 0 Å². The predicted molar refractivity (Wildman–Crippen MR) is 316 cm³/mol. The average Bonchev–Trinajstić information content (AvgIpc) is 4.23. The maximum Gasteiger partial charge on any atom is 0.116 e. The van der Waals surface area contributed by atoms with Crippen molar-refractivity contribution in [3.8, 4) is 50.1 Å². The van der Waals surface area contributed by atoms with Gasteiger partial charge < -0.3 is 5.73 Å². The number of thiophene rings is 6. The number of benzene rings is 1. The van der Waals surface area contributed by atoms with E-state index in [1.165, 1.54) is 148 Å². The molecule has 0 fully saturated rings. The molecule has 2 N–H and O–H groups in total. The van der Waals surface area contributed by atoms with Gasteiger partial charge >= 0.3 is 0 Å². The van der Waals surface area contributed by atoms with Crippen molar-refractivity contribution >= 4 is 114 Å². The standard InChI is InChI=1S/C58H63N5S8/c1-7-12-17-34(10-4)31-58(32-35(11-5)18-13-8-2)39-29-48(50-36(33(6)16-9-3)27-37(52-54(50)62-70-60-52)42-21-23-46(66-42)44-19-14-25-64-44)68-56(39)57-40(58)30-49(69-57)51-41(59)28-38(53-55(51)63-71-61-53)43-22-24-47(67-43)45-20-15-26-65-45/h14-15,19-26,28-30,33-35,37H,7-13,16-18,27,31-32,59H2,1-6H3. The van der Waals surface area contributed by atoms with Gasteiger partial charge in [0.15, 0.2) is 0 Å². The SMILES string of the molecule is CCCCC(CC)CC1(CC(CC)CCCC)c2cc(C3=C(C(C)CCC)CC(c4ccc(-c5cccs5)s4)c4nsnc43)sc2-c2sc(-c3c(N)cc(-c4ccc(-c5cccs5)s4)c4nsnc34)cc21. The molecule has 1 aromatic carbocycles. The maximum absolute atomic E-state index is 7.33. The number of hydrogen-bond acceptors (Lipinski definition) is 13. The molecule has 0 spiro atoms. The minimum Gasteiger partial charge on any atom is -0.398 e. The number of rotatable bonds is 21. The second-order valence-corrected chi connectivity index (χ2v) is 27.3. The largest absolute Gasteiger partial charge is 0.398 e. The lowest BCUT2D eigenvalue weighted by molar-refractivity contribution is 0.266. The first kappa shape index (κ1) is 49.5. The quantitative estimate of drug-likeness (QED) is 0.0726. The van der Waals surface area contributed by atoms with Gasteiger partial charge in [-0.15, -0.1) is 68.0 Å². The van der Waals surface area contributed by atoms with Gasteiger partial charge in [0.1, 0.15) is 16.7 Å². The van der Waals surface area contributed by atoms with Crippen LogP contribution >= 0.6 is 91.5 Å². The number of unbranched alkanes of at least 4 members (excludes halogenated alkanes) is 2. The third-order valence-electron chi connectivity index (χ3n) is 15.6. The highest BCUT2D eigenvalue weighted by Crippen LogP contribution is 2.64. The Bertz CT molecular complexity index is 3260. The summed E-state index contributed by atoms with van der Waals surface area (Å²) in [5, 5.41) is 4.33. The predicted octanol–water partition coefficient (Wildman–Crippen LogP) is 20.4. The maximum atomic E-state index is 7.33. The summed E-state index contributed by atoms with van der Waals surface area (Å²) in [4.78, 5) is 13.3. The average molecular weight is 1090 g/mol. The van der Waals surface area contributed by atoms with Gasteiger partial charge in [-0.2, -0.15) is 17.5 Å². The van der Waals surface area contributed by atoms with E-state index in [1.54, 1.807) is 22.5 Å². The number of fused-ring (bicyclic) bond motifs is 5. The molecule has 11 rings (SSSR count). The molecule has 71 heavy (non-hydrogen) atoms. The van der Waals surface area contributed by atoms with Gasteiger partial charge in [0, 0.05) is 82.5 Å². The van der Waals surface area contributed by atoms with Crippen LogP contribution in [0.1, 0.15) is 163 Å². The molecule has 8 heterocycles. The highest BCUT2D eigenvalue weighted by atomic mass is 32.1. The molecule has 0 saturated heterocycles. The molecule has 4 unspecified atom stereocenters. The van der Waals surface area contributed by atoms with E-state index in [2.05, 4.69) is 119 Å². The lowest BCUT2D eigenvalue weighted by Crippen LogP contribution is -2.31. The van der Waals surface area contributed by atoms with Crippen molar-refractivity contribution in [1.29, 1.82) is 0 Å². The molecule has 5 nitrogen and oxygen atoms in total. The van der Waals surface area contributed by atoms with E-state index in [-0.39, 0.29) is 11.3 Å². The molecule has 0 amide bonds. The third kappa shape index (κ3) is 9.14. The zero-order chi connectivity index (χ0) is 48.8. The summed E-state index contributed by atoms with van der Waals surface area (Å²) in [6, 6.07) is 25.4. The van der Waals surface area contributed by atoms with Crippen molar-refractivity contribution in [3.63, 3.8) is 0 Å². The van der Waals surface area contributed by atoms with Crippen LogP contribution in [0.3, 0.4) is 0 Å². The van der Waals surface area contributed by atoms with Crippen molar-refractivity contribution in [2.45, 2.75) is 136 Å². The molecular formula is C58H63N5S8. The van der Waals surface area contributed by atoms with Crippen LogP contribution < -0.4 is 5.73 Å². The smallest absolute Gasteiger partial charge is 0.116 e. The topological polar surface area (TPSA) is 77.6 Å². The van der Waals surface area contributed by atoms with E-state index < -0.39 is 0 Å². The Morgan fingerprint density at radius 2 is 1.24 bits per heavy atom. The van der Waals surface area contributed by atoms with Gasteiger partial charge in [-0.05, 0) is 120 Å². The fourth-order valence-electron chi connectivity index (χ4n) is 11.9. The zero-order valence-corrected chi connectivity index (χ0v) is 48.2. The molecular weight excluding hydrogens is 1020 g/mol. The summed E-state index contributed by atoms with van der Waals surface area (Å²) < 4.78 is 20.5. The van der Waals surface area contributed by atoms with Crippen LogP contribution in [-0.2, 0) is 5.41 Å². The number of nitrogens with zero attached hydrogens (tertiary/aromatic N) is 4. The summed E-state index contributed by atoms with van der Waals surface area (Å²) in [5.41, 5.74) is 20.3. The number of nitrogens with two attached hydrogens (primary N) is 1. The van der Waals surface area contributed by atoms with E-state index >= 15 is 0 Å². The second kappa shape index (κ2) is 21.3. The zero-order valence-electron chi connectivity index (χ0n) is 41.6. The number of nitrogen functional groups attached to an aromatic ring is 1. The molecule has 368 valence electrons. The van der Waals surface area contributed by atoms with Gasteiger partial charge in [0.05, 0.1) is 29.2 Å². The molecule has 2 aliphatic rings. The minimum absolute atomic E-state index is 0.119. The number of hydrogen-bond donors (Lipinski definition) is 1. The van der Waals surface area contributed by atoms with Crippen LogP contribution in [0.2, 0.25) is 0 Å². The van der Waals surface area contributed by atoms with E-state index in [0.29, 0.717) is 17.8 Å². The molecule has 13 heteroatoms. The van der Waals surface area contributed by atoms with Crippen LogP contribution in [0, 0.1) is 17.8 Å². The Labute approximate surface area is 452 Å². The molecule has 0 saturated carbocycles. The lowest BCUT2D eigenvalue weighted by Gasteiger charge is -2.38. The van der Waals surface area contributed by atoms with E-state index in [0.717, 1.165) is 58.5 Å². The third-order valence-corrected chi connectivity index (χ3v) is 23.6. The summed E-state index contributed by atoms with van der Waals surface area (Å²) in [6.45, 7) is 14.4. The van der Waals surface area contributed by atoms with Crippen molar-refractivity contribution in [2.24, 2.45) is 17.8 Å². The Morgan fingerprint density at radius 3 is 1.89 bits per heavy atom. The number of allylic oxidation sites excluding steroid dienone is 1. The fourth-order valence-corrected chi connectivity index (χ4v) is 19.7. The number of anilines is 1. The van der Waals surface area contributed by atoms with Gasteiger partial charge in [-0.25, -0.2) is 0 Å². The van der Waals surface area contributed by atoms with Gasteiger partial charge in [0.25, 0.3) is 0 Å². The van der Waals surface area contributed by atoms with E-state index in [9.17, 15) is 0 Å². The first-order valence-electron chi connectivity index (χ1n) is 25.9. The van der Waals surface area contributed by atoms with Crippen LogP contribution in [0.4, 0.5) is 5.69 Å². The van der Waals surface area contributed by atoms with Crippen molar-refractivity contribution < 1.29 is 0 Å². The Hall–Kier alpha value is -3.66. The minimum atomic E-state index is -0.119. The van der Waals surface area contributed by atoms with E-state index in [1.807, 2.05) is 56.7 Å². The Kier molecular flexibility index (Phi) is 14.9. The summed E-state index contributed by atoms with van der Waals surface area (Å²) in [6.07, 6.45) is 15.6. The van der Waals surface area contributed by atoms with Crippen LogP contribution in [-0.4, -0.2) is 17.5 Å². The van der Waals surface area contributed by atoms with Crippen molar-refractivity contribution in [1.82, 2.24) is 17.5 Å². The molecule has 8 aromatic heterocycles. The fraction of sp³-hybridized carbons (Fsp3) is 0.414. The molecule has 9 aromatic rings. The Morgan fingerprint density at radius 1 is 0.620 bits per heavy atom. The van der Waals surface area contributed by atoms with Crippen molar-refractivity contribution in [3.05, 3.63) is 115 Å². The molecule has 0 radical (unpaired) electrons. The van der Waals surface area contributed by atoms with Crippen LogP contribution in [0.5, 0.6) is 0 Å². The van der Waals surface area contributed by atoms with Gasteiger partial charge in [-0.1, -0.05) is 117 Å². The molecule has 4 atom stereocenters. The molecule has 2 aliphatic carbocycles. The Balaban J connectivity index is 1.08. The van der Waals surface area contributed by atoms with Crippen LogP contribution in [0.25, 0.3) is 66.8 Å². The van der Waals surface area contributed by atoms with Crippen LogP contribution in [0.15, 0.2) is 83.1 Å².